The largest absolute Gasteiger partial charge is 0.370 e. The zero-order valence-corrected chi connectivity index (χ0v) is 19.9. The fourth-order valence-electron chi connectivity index (χ4n) is 4.13. The van der Waals surface area contributed by atoms with Crippen LogP contribution in [0.15, 0.2) is 23.2 Å². The van der Waals surface area contributed by atoms with Gasteiger partial charge in [0.05, 0.1) is 5.69 Å². The van der Waals surface area contributed by atoms with Crippen LogP contribution in [0.5, 0.6) is 0 Å². The molecule has 158 valence electrons. The highest BCUT2D eigenvalue weighted by atomic mass is 127. The summed E-state index contributed by atoms with van der Waals surface area (Å²) in [5, 5.41) is 6.87. The smallest absolute Gasteiger partial charge is 0.191 e. The van der Waals surface area contributed by atoms with E-state index in [1.54, 1.807) is 13.1 Å². The third-order valence-corrected chi connectivity index (χ3v) is 5.78. The summed E-state index contributed by atoms with van der Waals surface area (Å²) < 4.78 is 14.5. The predicted molar refractivity (Wildman–Crippen MR) is 126 cm³/mol. The van der Waals surface area contributed by atoms with Crippen LogP contribution in [0, 0.1) is 5.82 Å². The van der Waals surface area contributed by atoms with Crippen LogP contribution in [-0.4, -0.2) is 55.7 Å². The van der Waals surface area contributed by atoms with E-state index in [1.807, 2.05) is 30.9 Å². The van der Waals surface area contributed by atoms with Crippen LogP contribution in [0.4, 0.5) is 10.1 Å². The van der Waals surface area contributed by atoms with Gasteiger partial charge in [-0.25, -0.2) is 4.39 Å². The lowest BCUT2D eigenvalue weighted by molar-refractivity contribution is 0.256. The zero-order valence-electron chi connectivity index (χ0n) is 17.5. The standard InChI is InChI=1S/C21H34FN5.HI/c1-5-26(6-2)20-10-7-16(12-19(20)22)13-24-21(23-4)25-17-11-15(3)27(14-17)18-8-9-18;/h7,10,12,15,17-18H,5-6,8-9,11,13-14H2,1-4H3,(H2,23,24,25);1H. The van der Waals surface area contributed by atoms with Gasteiger partial charge in [0.1, 0.15) is 5.82 Å². The molecule has 5 nitrogen and oxygen atoms in total. The minimum Gasteiger partial charge on any atom is -0.370 e. The summed E-state index contributed by atoms with van der Waals surface area (Å²) >= 11 is 0. The van der Waals surface area contributed by atoms with Crippen LogP contribution in [0.3, 0.4) is 0 Å². The normalized spacial score (nSPS) is 22.7. The van der Waals surface area contributed by atoms with Crippen LogP contribution >= 0.6 is 24.0 Å². The fourth-order valence-corrected chi connectivity index (χ4v) is 4.13. The van der Waals surface area contributed by atoms with Gasteiger partial charge in [-0.2, -0.15) is 0 Å². The Kier molecular flexibility index (Phi) is 8.80. The summed E-state index contributed by atoms with van der Waals surface area (Å²) in [7, 11) is 1.79. The van der Waals surface area contributed by atoms with E-state index in [0.29, 0.717) is 24.3 Å². The first-order valence-corrected chi connectivity index (χ1v) is 10.3. The molecule has 2 N–H and O–H groups in total. The van der Waals surface area contributed by atoms with Crippen LogP contribution in [0.1, 0.15) is 45.6 Å². The molecule has 7 heteroatoms. The van der Waals surface area contributed by atoms with Gasteiger partial charge >= 0.3 is 0 Å². The molecule has 2 fully saturated rings. The number of hydrogen-bond acceptors (Lipinski definition) is 3. The maximum Gasteiger partial charge on any atom is 0.191 e. The third kappa shape index (κ3) is 5.72. The average Bonchev–Trinajstić information content (AvgIpc) is 3.44. The molecule has 0 bridgehead atoms. The highest BCUT2D eigenvalue weighted by Gasteiger charge is 2.38. The molecule has 1 aromatic rings. The number of guanidine groups is 1. The Morgan fingerprint density at radius 3 is 2.57 bits per heavy atom. The molecule has 1 heterocycles. The average molecular weight is 503 g/mol. The van der Waals surface area contributed by atoms with Gasteiger partial charge in [0.15, 0.2) is 5.96 Å². The first kappa shape index (κ1) is 23.2. The van der Waals surface area contributed by atoms with Gasteiger partial charge in [0, 0.05) is 51.4 Å². The lowest BCUT2D eigenvalue weighted by atomic mass is 10.1. The lowest BCUT2D eigenvalue weighted by Crippen LogP contribution is -2.44. The number of hydrogen-bond donors (Lipinski definition) is 2. The quantitative estimate of drug-likeness (QED) is 0.339. The molecule has 2 aliphatic rings. The Bertz CT molecular complexity index is 660. The van der Waals surface area contributed by atoms with Gasteiger partial charge in [-0.05, 0) is 57.7 Å². The van der Waals surface area contributed by atoms with Crippen molar-refractivity contribution in [3.63, 3.8) is 0 Å². The summed E-state index contributed by atoms with van der Waals surface area (Å²) in [6, 6.07) is 7.35. The number of nitrogens with one attached hydrogen (secondary N) is 2. The van der Waals surface area contributed by atoms with E-state index in [-0.39, 0.29) is 29.8 Å². The number of aliphatic imine (C=N–C) groups is 1. The van der Waals surface area contributed by atoms with Crippen molar-refractivity contribution in [3.05, 3.63) is 29.6 Å². The van der Waals surface area contributed by atoms with Crippen molar-refractivity contribution in [2.45, 2.75) is 64.7 Å². The van der Waals surface area contributed by atoms with Gasteiger partial charge in [0.2, 0.25) is 0 Å². The zero-order chi connectivity index (χ0) is 19.4. The molecule has 28 heavy (non-hydrogen) atoms. The van der Waals surface area contributed by atoms with Crippen molar-refractivity contribution in [1.82, 2.24) is 15.5 Å². The second kappa shape index (κ2) is 10.6. The molecule has 1 saturated carbocycles. The topological polar surface area (TPSA) is 42.9 Å². The number of nitrogens with zero attached hydrogens (tertiary/aromatic N) is 3. The van der Waals surface area contributed by atoms with Gasteiger partial charge in [-0.1, -0.05) is 6.07 Å². The van der Waals surface area contributed by atoms with Gasteiger partial charge < -0.3 is 15.5 Å². The van der Waals surface area contributed by atoms with Crippen molar-refractivity contribution >= 4 is 35.6 Å². The number of halogens is 2. The third-order valence-electron chi connectivity index (χ3n) is 5.78. The highest BCUT2D eigenvalue weighted by Crippen LogP contribution is 2.33. The monoisotopic (exact) mass is 503 g/mol. The van der Waals surface area contributed by atoms with E-state index in [0.717, 1.165) is 43.6 Å². The summed E-state index contributed by atoms with van der Waals surface area (Å²) in [6.45, 7) is 9.66. The molecule has 0 aromatic heterocycles. The molecule has 1 aliphatic heterocycles. The Labute approximate surface area is 186 Å². The van der Waals surface area contributed by atoms with Crippen molar-refractivity contribution in [3.8, 4) is 0 Å². The molecule has 0 amide bonds. The SMILES string of the molecule is CCN(CC)c1ccc(CNC(=NC)NC2CC(C)N(C3CC3)C2)cc1F.I. The first-order chi connectivity index (χ1) is 13.0. The molecule has 1 saturated heterocycles. The van der Waals surface area contributed by atoms with Crippen molar-refractivity contribution in [2.24, 2.45) is 4.99 Å². The molecule has 0 spiro atoms. The van der Waals surface area contributed by atoms with Crippen molar-refractivity contribution < 1.29 is 4.39 Å². The summed E-state index contributed by atoms with van der Waals surface area (Å²) in [5.41, 5.74) is 1.59. The van der Waals surface area contributed by atoms with Crippen LogP contribution in [0.2, 0.25) is 0 Å². The van der Waals surface area contributed by atoms with Gasteiger partial charge in [-0.15, -0.1) is 24.0 Å². The lowest BCUT2D eigenvalue weighted by Gasteiger charge is -2.22. The van der Waals surface area contributed by atoms with Crippen LogP contribution in [-0.2, 0) is 6.54 Å². The van der Waals surface area contributed by atoms with E-state index >= 15 is 0 Å². The summed E-state index contributed by atoms with van der Waals surface area (Å²) in [4.78, 5) is 8.99. The molecule has 2 unspecified atom stereocenters. The molecular weight excluding hydrogens is 468 g/mol. The van der Waals surface area contributed by atoms with Crippen LogP contribution in [0.25, 0.3) is 0 Å². The number of anilines is 1. The molecule has 0 radical (unpaired) electrons. The van der Waals surface area contributed by atoms with E-state index in [9.17, 15) is 4.39 Å². The first-order valence-electron chi connectivity index (χ1n) is 10.3. The van der Waals surface area contributed by atoms with E-state index in [2.05, 4.69) is 27.4 Å². The number of benzene rings is 1. The Morgan fingerprint density at radius 1 is 1.29 bits per heavy atom. The number of likely N-dealkylation sites (tertiary alicyclic amines) is 1. The maximum absolute atomic E-state index is 14.5. The van der Waals surface area contributed by atoms with E-state index in [1.165, 1.54) is 12.8 Å². The number of rotatable bonds is 7. The minimum atomic E-state index is -0.161. The second-order valence-electron chi connectivity index (χ2n) is 7.74. The van der Waals surface area contributed by atoms with Gasteiger partial charge in [0.25, 0.3) is 0 Å². The van der Waals surface area contributed by atoms with E-state index < -0.39 is 0 Å². The molecule has 1 aromatic carbocycles. The Balaban J connectivity index is 0.00000280. The molecule has 1 aliphatic carbocycles. The molecule has 3 rings (SSSR count). The van der Waals surface area contributed by atoms with Crippen molar-refractivity contribution in [1.29, 1.82) is 0 Å². The fraction of sp³-hybridized carbons (Fsp3) is 0.667. The van der Waals surface area contributed by atoms with E-state index in [4.69, 9.17) is 0 Å². The van der Waals surface area contributed by atoms with Gasteiger partial charge in [-0.3, -0.25) is 9.89 Å². The Morgan fingerprint density at radius 2 is 2.00 bits per heavy atom. The predicted octanol–water partition coefficient (Wildman–Crippen LogP) is 3.58. The second-order valence-corrected chi connectivity index (χ2v) is 7.74. The van der Waals surface area contributed by atoms with Crippen molar-refractivity contribution in [2.75, 3.05) is 31.6 Å². The molecular formula is C21H35FIN5. The maximum atomic E-state index is 14.5. The molecule has 2 atom stereocenters. The summed E-state index contributed by atoms with van der Waals surface area (Å²) in [5.74, 6) is 0.628. The highest BCUT2D eigenvalue weighted by molar-refractivity contribution is 14.0. The minimum absolute atomic E-state index is 0. The van der Waals surface area contributed by atoms with Crippen LogP contribution < -0.4 is 15.5 Å². The summed E-state index contributed by atoms with van der Waals surface area (Å²) in [6.07, 6.45) is 3.84. The Hall–Kier alpha value is -1.09.